The number of halogens is 4. The maximum Gasteiger partial charge on any atom is 0.204 e. The highest BCUT2D eigenvalue weighted by atomic mass is 79.9. The first kappa shape index (κ1) is 13.7. The molecule has 0 fully saturated rings. The van der Waals surface area contributed by atoms with Crippen LogP contribution in [0.3, 0.4) is 0 Å². The van der Waals surface area contributed by atoms with Gasteiger partial charge < -0.3 is 0 Å². The summed E-state index contributed by atoms with van der Waals surface area (Å²) in [5.41, 5.74) is 0.510. The van der Waals surface area contributed by atoms with Crippen LogP contribution in [0.1, 0.15) is 15.2 Å². The lowest BCUT2D eigenvalue weighted by Gasteiger charge is -2.01. The molecule has 0 atom stereocenters. The van der Waals surface area contributed by atoms with Crippen LogP contribution in [-0.2, 0) is 0 Å². The molecule has 6 heteroatoms. The van der Waals surface area contributed by atoms with Crippen molar-refractivity contribution in [3.63, 3.8) is 0 Å². The minimum Gasteiger partial charge on any atom is -0.288 e. The van der Waals surface area contributed by atoms with Crippen LogP contribution in [-0.4, -0.2) is 5.78 Å². The van der Waals surface area contributed by atoms with Crippen molar-refractivity contribution >= 4 is 76.5 Å². The Morgan fingerprint density at radius 2 is 1.88 bits per heavy atom. The largest absolute Gasteiger partial charge is 0.288 e. The van der Waals surface area contributed by atoms with Gasteiger partial charge in [-0.2, -0.15) is 0 Å². The van der Waals surface area contributed by atoms with Crippen molar-refractivity contribution in [1.29, 1.82) is 0 Å². The first-order chi connectivity index (χ1) is 7.99. The average molecular weight is 459 g/mol. The van der Waals surface area contributed by atoms with Crippen molar-refractivity contribution in [1.82, 2.24) is 0 Å². The molecule has 0 aliphatic carbocycles. The van der Waals surface area contributed by atoms with Crippen LogP contribution < -0.4 is 0 Å². The first-order valence-corrected chi connectivity index (χ1v) is 8.01. The SMILES string of the molecule is O=C(c1cc(Br)c(Br)s1)c1ccc(Br)cc1Cl. The lowest BCUT2D eigenvalue weighted by Crippen LogP contribution is -1.99. The van der Waals surface area contributed by atoms with Gasteiger partial charge in [-0.05, 0) is 56.1 Å². The quantitative estimate of drug-likeness (QED) is 0.510. The second-order valence-corrected chi connectivity index (χ2v) is 7.73. The molecule has 1 aromatic carbocycles. The van der Waals surface area contributed by atoms with E-state index in [0.717, 1.165) is 12.7 Å². The summed E-state index contributed by atoms with van der Waals surface area (Å²) in [7, 11) is 0. The average Bonchev–Trinajstić information content (AvgIpc) is 2.58. The van der Waals surface area contributed by atoms with Gasteiger partial charge in [-0.3, -0.25) is 4.79 Å². The van der Waals surface area contributed by atoms with Crippen LogP contribution in [0, 0.1) is 0 Å². The number of benzene rings is 1. The molecule has 0 bridgehead atoms. The maximum atomic E-state index is 12.2. The van der Waals surface area contributed by atoms with Crippen LogP contribution in [0.5, 0.6) is 0 Å². The Balaban J connectivity index is 2.43. The number of hydrogen-bond acceptors (Lipinski definition) is 2. The monoisotopic (exact) mass is 456 g/mol. The van der Waals surface area contributed by atoms with E-state index in [9.17, 15) is 4.79 Å². The maximum absolute atomic E-state index is 12.2. The summed E-state index contributed by atoms with van der Waals surface area (Å²) in [5.74, 6) is -0.0705. The molecule has 0 saturated carbocycles. The molecule has 0 unspecified atom stereocenters. The number of carbonyl (C=O) groups is 1. The van der Waals surface area contributed by atoms with Crippen molar-refractivity contribution in [3.8, 4) is 0 Å². The summed E-state index contributed by atoms with van der Waals surface area (Å²) < 4.78 is 2.63. The second kappa shape index (κ2) is 5.53. The highest BCUT2D eigenvalue weighted by Crippen LogP contribution is 2.34. The molecule has 1 nitrogen and oxygen atoms in total. The molecule has 1 heterocycles. The van der Waals surface area contributed by atoms with Crippen LogP contribution in [0.2, 0.25) is 5.02 Å². The fraction of sp³-hybridized carbons (Fsp3) is 0. The topological polar surface area (TPSA) is 17.1 Å². The summed E-state index contributed by atoms with van der Waals surface area (Å²) in [6, 6.07) is 7.02. The third kappa shape index (κ3) is 3.01. The van der Waals surface area contributed by atoms with Gasteiger partial charge in [0.05, 0.1) is 13.7 Å². The lowest BCUT2D eigenvalue weighted by atomic mass is 10.1. The molecule has 17 heavy (non-hydrogen) atoms. The van der Waals surface area contributed by atoms with E-state index in [1.807, 2.05) is 0 Å². The van der Waals surface area contributed by atoms with E-state index in [2.05, 4.69) is 47.8 Å². The molecule has 0 saturated heterocycles. The standard InChI is InChI=1S/C11H4Br3ClOS/c12-5-1-2-6(8(15)3-5)10(16)9-4-7(13)11(14)17-9/h1-4H. The second-order valence-electron chi connectivity index (χ2n) is 3.19. The Hall–Kier alpha value is 0.320. The van der Waals surface area contributed by atoms with Crippen molar-refractivity contribution < 1.29 is 4.79 Å². The van der Waals surface area contributed by atoms with Gasteiger partial charge in [0, 0.05) is 14.5 Å². The number of rotatable bonds is 2. The molecule has 2 rings (SSSR count). The number of thiophene rings is 1. The zero-order chi connectivity index (χ0) is 12.6. The molecule has 0 N–H and O–H groups in total. The molecule has 0 aliphatic heterocycles. The van der Waals surface area contributed by atoms with Gasteiger partial charge in [-0.1, -0.05) is 27.5 Å². The Labute approximate surface area is 133 Å². The molecule has 0 spiro atoms. The summed E-state index contributed by atoms with van der Waals surface area (Å²) in [4.78, 5) is 12.9. The van der Waals surface area contributed by atoms with Crippen LogP contribution >= 0.6 is 70.7 Å². The highest BCUT2D eigenvalue weighted by molar-refractivity contribution is 9.13. The van der Waals surface area contributed by atoms with Gasteiger partial charge in [0.15, 0.2) is 0 Å². The fourth-order valence-electron chi connectivity index (χ4n) is 1.26. The smallest absolute Gasteiger partial charge is 0.204 e. The van der Waals surface area contributed by atoms with Crippen molar-refractivity contribution in [2.75, 3.05) is 0 Å². The third-order valence-corrected chi connectivity index (χ3v) is 6.11. The molecular weight excluding hydrogens is 455 g/mol. The zero-order valence-corrected chi connectivity index (χ0v) is 14.5. The number of ketones is 1. The van der Waals surface area contributed by atoms with Gasteiger partial charge in [-0.15, -0.1) is 11.3 Å². The van der Waals surface area contributed by atoms with Crippen LogP contribution in [0.25, 0.3) is 0 Å². The Morgan fingerprint density at radius 1 is 1.18 bits per heavy atom. The predicted octanol–water partition coefficient (Wildman–Crippen LogP) is 5.92. The highest BCUT2D eigenvalue weighted by Gasteiger charge is 2.16. The van der Waals surface area contributed by atoms with E-state index < -0.39 is 0 Å². The van der Waals surface area contributed by atoms with E-state index >= 15 is 0 Å². The summed E-state index contributed by atoms with van der Waals surface area (Å²) in [6.07, 6.45) is 0. The van der Waals surface area contributed by atoms with Crippen LogP contribution in [0.15, 0.2) is 37.0 Å². The number of hydrogen-bond donors (Lipinski definition) is 0. The molecule has 0 amide bonds. The molecule has 0 radical (unpaired) electrons. The van der Waals surface area contributed by atoms with Gasteiger partial charge in [0.1, 0.15) is 0 Å². The Bertz CT molecular complexity index is 575. The van der Waals surface area contributed by atoms with Crippen molar-refractivity contribution in [2.45, 2.75) is 0 Å². The fourth-order valence-corrected chi connectivity index (χ4v) is 4.01. The third-order valence-electron chi connectivity index (χ3n) is 2.04. The minimum absolute atomic E-state index is 0.0705. The number of carbonyl (C=O) groups excluding carboxylic acids is 1. The summed E-state index contributed by atoms with van der Waals surface area (Å²) in [6.45, 7) is 0. The molecule has 2 aromatic rings. The van der Waals surface area contributed by atoms with Crippen LogP contribution in [0.4, 0.5) is 0 Å². The van der Waals surface area contributed by atoms with Gasteiger partial charge in [-0.25, -0.2) is 0 Å². The van der Waals surface area contributed by atoms with E-state index in [-0.39, 0.29) is 5.78 Å². The van der Waals surface area contributed by atoms with Gasteiger partial charge >= 0.3 is 0 Å². The van der Waals surface area contributed by atoms with E-state index in [1.165, 1.54) is 11.3 Å². The first-order valence-electron chi connectivity index (χ1n) is 4.43. The van der Waals surface area contributed by atoms with Gasteiger partial charge in [0.25, 0.3) is 0 Å². The minimum atomic E-state index is -0.0705. The predicted molar refractivity (Wildman–Crippen MR) is 82.3 cm³/mol. The van der Waals surface area contributed by atoms with E-state index in [1.54, 1.807) is 24.3 Å². The van der Waals surface area contributed by atoms with Crippen molar-refractivity contribution in [2.24, 2.45) is 0 Å². The van der Waals surface area contributed by atoms with E-state index in [4.69, 9.17) is 11.6 Å². The lowest BCUT2D eigenvalue weighted by molar-refractivity contribution is 0.104. The Kier molecular flexibility index (Phi) is 4.47. The molecular formula is C11H4Br3ClOS. The van der Waals surface area contributed by atoms with E-state index in [0.29, 0.717) is 15.5 Å². The molecule has 88 valence electrons. The Morgan fingerprint density at radius 3 is 2.41 bits per heavy atom. The zero-order valence-electron chi connectivity index (χ0n) is 8.14. The van der Waals surface area contributed by atoms with Gasteiger partial charge in [0.2, 0.25) is 5.78 Å². The molecule has 0 aliphatic rings. The van der Waals surface area contributed by atoms with Crippen molar-refractivity contribution in [3.05, 3.63) is 52.5 Å². The molecule has 1 aromatic heterocycles. The summed E-state index contributed by atoms with van der Waals surface area (Å²) >= 11 is 17.5. The summed E-state index contributed by atoms with van der Waals surface area (Å²) in [5, 5.41) is 0.449. The normalized spacial score (nSPS) is 10.6.